The van der Waals surface area contributed by atoms with Crippen LogP contribution in [0, 0.1) is 6.92 Å². The molecule has 0 amide bonds. The first-order valence-electron chi connectivity index (χ1n) is 7.18. The average molecular weight is 279 g/mol. The van der Waals surface area contributed by atoms with Crippen molar-refractivity contribution in [1.29, 1.82) is 0 Å². The summed E-state index contributed by atoms with van der Waals surface area (Å²) in [5.74, 6) is -0.854. The van der Waals surface area contributed by atoms with Crippen molar-refractivity contribution < 1.29 is 15.0 Å². The van der Waals surface area contributed by atoms with Crippen LogP contribution in [-0.2, 0) is 10.2 Å². The summed E-state index contributed by atoms with van der Waals surface area (Å²) >= 11 is 0. The molecule has 1 aromatic rings. The number of nitrogens with two attached hydrogens (primary N) is 1. The molecule has 0 aliphatic rings. The maximum atomic E-state index is 11.8. The van der Waals surface area contributed by atoms with Crippen LogP contribution in [0.3, 0.4) is 0 Å². The first-order valence-corrected chi connectivity index (χ1v) is 7.18. The molecule has 1 atom stereocenters. The summed E-state index contributed by atoms with van der Waals surface area (Å²) in [6.07, 6.45) is 3.95. The van der Waals surface area contributed by atoms with Crippen molar-refractivity contribution in [2.24, 2.45) is 5.73 Å². The van der Waals surface area contributed by atoms with Crippen LogP contribution in [-0.4, -0.2) is 29.3 Å². The second-order valence-corrected chi connectivity index (χ2v) is 5.35. The van der Waals surface area contributed by atoms with Gasteiger partial charge in [-0.15, -0.1) is 0 Å². The Morgan fingerprint density at radius 2 is 1.95 bits per heavy atom. The maximum absolute atomic E-state index is 11.8. The van der Waals surface area contributed by atoms with E-state index in [2.05, 4.69) is 0 Å². The van der Waals surface area contributed by atoms with Gasteiger partial charge in [-0.25, -0.2) is 0 Å². The third-order valence-electron chi connectivity index (χ3n) is 3.84. The highest BCUT2D eigenvalue weighted by Crippen LogP contribution is 2.30. The molecular formula is C16H25NO3. The maximum Gasteiger partial charge on any atom is 0.315 e. The molecule has 0 saturated heterocycles. The summed E-state index contributed by atoms with van der Waals surface area (Å²) in [6, 6.07) is 7.59. The fourth-order valence-electron chi connectivity index (χ4n) is 2.52. The Morgan fingerprint density at radius 1 is 1.25 bits per heavy atom. The topological polar surface area (TPSA) is 83.5 Å². The van der Waals surface area contributed by atoms with E-state index in [1.165, 1.54) is 0 Å². The summed E-state index contributed by atoms with van der Waals surface area (Å²) in [7, 11) is 0. The SMILES string of the molecule is Cc1cccc(C(CN)(CCCCCCO)C(=O)O)c1. The molecule has 20 heavy (non-hydrogen) atoms. The van der Waals surface area contributed by atoms with E-state index in [4.69, 9.17) is 10.8 Å². The Labute approximate surface area is 120 Å². The van der Waals surface area contributed by atoms with Crippen molar-refractivity contribution in [2.45, 2.75) is 44.4 Å². The first kappa shape index (κ1) is 16.7. The van der Waals surface area contributed by atoms with Gasteiger partial charge in [0.05, 0.1) is 0 Å². The number of carbonyl (C=O) groups is 1. The zero-order valence-corrected chi connectivity index (χ0v) is 12.1. The Hall–Kier alpha value is -1.39. The Morgan fingerprint density at radius 3 is 2.50 bits per heavy atom. The molecule has 112 valence electrons. The van der Waals surface area contributed by atoms with Gasteiger partial charge >= 0.3 is 5.97 Å². The largest absolute Gasteiger partial charge is 0.481 e. The van der Waals surface area contributed by atoms with Crippen LogP contribution in [0.2, 0.25) is 0 Å². The minimum atomic E-state index is -0.995. The molecule has 1 rings (SSSR count). The molecule has 0 aliphatic carbocycles. The number of hydrogen-bond acceptors (Lipinski definition) is 3. The number of aliphatic hydroxyl groups excluding tert-OH is 1. The molecule has 1 aromatic carbocycles. The number of unbranched alkanes of at least 4 members (excludes halogenated alkanes) is 3. The zero-order valence-electron chi connectivity index (χ0n) is 12.1. The lowest BCUT2D eigenvalue weighted by atomic mass is 9.76. The second-order valence-electron chi connectivity index (χ2n) is 5.35. The lowest BCUT2D eigenvalue weighted by Gasteiger charge is -2.29. The van der Waals surface area contributed by atoms with Gasteiger partial charge < -0.3 is 15.9 Å². The van der Waals surface area contributed by atoms with Crippen LogP contribution in [0.4, 0.5) is 0 Å². The fourth-order valence-corrected chi connectivity index (χ4v) is 2.52. The highest BCUT2D eigenvalue weighted by molar-refractivity contribution is 5.81. The number of aryl methyl sites for hydroxylation is 1. The van der Waals surface area contributed by atoms with Gasteiger partial charge in [0.15, 0.2) is 0 Å². The van der Waals surface area contributed by atoms with Crippen LogP contribution in [0.1, 0.15) is 43.2 Å². The number of hydrogen-bond donors (Lipinski definition) is 3. The molecule has 4 N–H and O–H groups in total. The molecule has 4 heteroatoms. The van der Waals surface area contributed by atoms with Crippen LogP contribution < -0.4 is 5.73 Å². The predicted octanol–water partition coefficient (Wildman–Crippen LogP) is 2.22. The van der Waals surface area contributed by atoms with Gasteiger partial charge in [-0.05, 0) is 25.3 Å². The minimum absolute atomic E-state index is 0.103. The number of carboxylic acids is 1. The van der Waals surface area contributed by atoms with Crippen molar-refractivity contribution in [2.75, 3.05) is 13.2 Å². The van der Waals surface area contributed by atoms with E-state index in [-0.39, 0.29) is 13.2 Å². The Kier molecular flexibility index (Phi) is 6.68. The van der Waals surface area contributed by atoms with Crippen molar-refractivity contribution in [3.63, 3.8) is 0 Å². The van der Waals surface area contributed by atoms with E-state index in [0.717, 1.165) is 36.8 Å². The molecular weight excluding hydrogens is 254 g/mol. The van der Waals surface area contributed by atoms with Crippen molar-refractivity contribution >= 4 is 5.97 Å². The molecule has 0 radical (unpaired) electrons. The summed E-state index contributed by atoms with van der Waals surface area (Å²) in [6.45, 7) is 2.25. The number of benzene rings is 1. The molecule has 0 fully saturated rings. The van der Waals surface area contributed by atoms with Crippen molar-refractivity contribution in [3.05, 3.63) is 35.4 Å². The fraction of sp³-hybridized carbons (Fsp3) is 0.562. The highest BCUT2D eigenvalue weighted by atomic mass is 16.4. The second kappa shape index (κ2) is 8.02. The average Bonchev–Trinajstić information content (AvgIpc) is 2.43. The van der Waals surface area contributed by atoms with Gasteiger partial charge in [0.1, 0.15) is 5.41 Å². The number of rotatable bonds is 9. The molecule has 0 bridgehead atoms. The standard InChI is InChI=1S/C16H25NO3/c1-13-7-6-8-14(11-13)16(12-17,15(19)20)9-4-2-3-5-10-18/h6-8,11,18H,2-5,9-10,12,17H2,1H3,(H,19,20). The van der Waals surface area contributed by atoms with E-state index in [1.54, 1.807) is 0 Å². The normalized spacial score (nSPS) is 13.9. The van der Waals surface area contributed by atoms with Gasteiger partial charge in [0, 0.05) is 13.2 Å². The monoisotopic (exact) mass is 279 g/mol. The molecule has 0 spiro atoms. The van der Waals surface area contributed by atoms with E-state index in [0.29, 0.717) is 6.42 Å². The lowest BCUT2D eigenvalue weighted by Crippen LogP contribution is -2.43. The predicted molar refractivity (Wildman–Crippen MR) is 79.7 cm³/mol. The summed E-state index contributed by atoms with van der Waals surface area (Å²) in [5, 5.41) is 18.4. The quantitative estimate of drug-likeness (QED) is 0.605. The van der Waals surface area contributed by atoms with Crippen molar-refractivity contribution in [3.8, 4) is 0 Å². The molecule has 1 unspecified atom stereocenters. The van der Waals surface area contributed by atoms with Gasteiger partial charge in [-0.2, -0.15) is 0 Å². The van der Waals surface area contributed by atoms with Gasteiger partial charge in [0.25, 0.3) is 0 Å². The highest BCUT2D eigenvalue weighted by Gasteiger charge is 2.38. The molecule has 0 aliphatic heterocycles. The van der Waals surface area contributed by atoms with Gasteiger partial charge in [-0.1, -0.05) is 49.1 Å². The van der Waals surface area contributed by atoms with Crippen molar-refractivity contribution in [1.82, 2.24) is 0 Å². The first-order chi connectivity index (χ1) is 9.56. The smallest absolute Gasteiger partial charge is 0.315 e. The third-order valence-corrected chi connectivity index (χ3v) is 3.84. The molecule has 4 nitrogen and oxygen atoms in total. The number of aliphatic hydroxyl groups is 1. The zero-order chi connectivity index (χ0) is 15.0. The van der Waals surface area contributed by atoms with Crippen LogP contribution >= 0.6 is 0 Å². The van der Waals surface area contributed by atoms with Crippen LogP contribution in [0.25, 0.3) is 0 Å². The van der Waals surface area contributed by atoms with Gasteiger partial charge in [-0.3, -0.25) is 4.79 Å². The minimum Gasteiger partial charge on any atom is -0.481 e. The Bertz CT molecular complexity index is 433. The molecule has 0 aromatic heterocycles. The Balaban J connectivity index is 2.84. The van der Waals surface area contributed by atoms with E-state index >= 15 is 0 Å². The lowest BCUT2D eigenvalue weighted by molar-refractivity contribution is -0.143. The molecule has 0 saturated carbocycles. The number of aliphatic carboxylic acids is 1. The van der Waals surface area contributed by atoms with E-state index in [9.17, 15) is 9.90 Å². The summed E-state index contributed by atoms with van der Waals surface area (Å²) in [5.41, 5.74) is 6.65. The summed E-state index contributed by atoms with van der Waals surface area (Å²) < 4.78 is 0. The van der Waals surface area contributed by atoms with Gasteiger partial charge in [0.2, 0.25) is 0 Å². The number of carboxylic acid groups (broad SMARTS) is 1. The van der Waals surface area contributed by atoms with E-state index in [1.807, 2.05) is 31.2 Å². The van der Waals surface area contributed by atoms with Crippen LogP contribution in [0.15, 0.2) is 24.3 Å². The van der Waals surface area contributed by atoms with E-state index < -0.39 is 11.4 Å². The summed E-state index contributed by atoms with van der Waals surface area (Å²) in [4.78, 5) is 11.8. The molecule has 0 heterocycles. The van der Waals surface area contributed by atoms with Crippen LogP contribution in [0.5, 0.6) is 0 Å². The third kappa shape index (κ3) is 4.05.